The number of rotatable bonds is 1. The predicted octanol–water partition coefficient (Wildman–Crippen LogP) is 3.57. The fourth-order valence-corrected chi connectivity index (χ4v) is 4.85. The van der Waals surface area contributed by atoms with Crippen LogP contribution in [0.25, 0.3) is 5.00 Å². The molecule has 1 aromatic carbocycles. The molecule has 0 saturated heterocycles. The number of nitrogens with zero attached hydrogens (tertiary/aromatic N) is 6. The Hall–Kier alpha value is -3.74. The minimum absolute atomic E-state index is 0.333. The summed E-state index contributed by atoms with van der Waals surface area (Å²) in [5.74, 6) is 7.90. The zero-order valence-corrected chi connectivity index (χ0v) is 20.7. The summed E-state index contributed by atoms with van der Waals surface area (Å²) in [5.41, 5.74) is 9.45. The van der Waals surface area contributed by atoms with Crippen LogP contribution < -0.4 is 5.73 Å². The van der Waals surface area contributed by atoms with Crippen LogP contribution in [0.3, 0.4) is 0 Å². The summed E-state index contributed by atoms with van der Waals surface area (Å²) in [6, 6.07) is 7.78. The number of hydrogen-bond donors (Lipinski definition) is 1. The molecular formula is C24H22ClN7OS. The van der Waals surface area contributed by atoms with Crippen molar-refractivity contribution in [2.75, 3.05) is 0 Å². The van der Waals surface area contributed by atoms with E-state index in [1.165, 1.54) is 6.92 Å². The van der Waals surface area contributed by atoms with Gasteiger partial charge in [0.05, 0.1) is 23.1 Å². The van der Waals surface area contributed by atoms with Crippen LogP contribution in [0.15, 0.2) is 41.8 Å². The maximum atomic E-state index is 9.22. The number of thiophene rings is 1. The molecule has 1 aliphatic rings. The van der Waals surface area contributed by atoms with E-state index in [9.17, 15) is 4.79 Å². The Morgan fingerprint density at radius 1 is 1.18 bits per heavy atom. The number of carbonyl (C=O) groups excluding carboxylic acids is 1. The van der Waals surface area contributed by atoms with Crippen molar-refractivity contribution in [1.29, 1.82) is 0 Å². The monoisotopic (exact) mass is 491 g/mol. The Labute approximate surface area is 206 Å². The third kappa shape index (κ3) is 4.64. The lowest BCUT2D eigenvalue weighted by Gasteiger charge is -2.09. The van der Waals surface area contributed by atoms with Crippen LogP contribution in [0.4, 0.5) is 0 Å². The van der Waals surface area contributed by atoms with Gasteiger partial charge in [0.2, 0.25) is 5.91 Å². The Balaban J connectivity index is 0.000000636. The second-order valence-electron chi connectivity index (χ2n) is 7.66. The van der Waals surface area contributed by atoms with Gasteiger partial charge < -0.3 is 10.3 Å². The third-order valence-electron chi connectivity index (χ3n) is 5.08. The van der Waals surface area contributed by atoms with Crippen LogP contribution in [0.1, 0.15) is 45.8 Å². The van der Waals surface area contributed by atoms with Crippen LogP contribution in [0.5, 0.6) is 0 Å². The normalized spacial score (nSPS) is 11.7. The number of aliphatic imine (C=N–C) groups is 1. The van der Waals surface area contributed by atoms with Gasteiger partial charge in [-0.3, -0.25) is 14.4 Å². The number of primary amides is 1. The molecule has 0 unspecified atom stereocenters. The van der Waals surface area contributed by atoms with E-state index in [0.29, 0.717) is 11.6 Å². The lowest BCUT2D eigenvalue weighted by Crippen LogP contribution is -2.07. The predicted molar refractivity (Wildman–Crippen MR) is 134 cm³/mol. The third-order valence-corrected chi connectivity index (χ3v) is 6.52. The molecule has 34 heavy (non-hydrogen) atoms. The van der Waals surface area contributed by atoms with Gasteiger partial charge >= 0.3 is 0 Å². The van der Waals surface area contributed by atoms with Gasteiger partial charge in [-0.1, -0.05) is 23.7 Å². The highest BCUT2D eigenvalue weighted by Crippen LogP contribution is 2.36. The van der Waals surface area contributed by atoms with Gasteiger partial charge in [0.25, 0.3) is 0 Å². The van der Waals surface area contributed by atoms with E-state index < -0.39 is 0 Å². The van der Waals surface area contributed by atoms with E-state index in [0.717, 1.165) is 49.6 Å². The molecule has 0 aliphatic carbocycles. The highest BCUT2D eigenvalue weighted by atomic mass is 35.5. The van der Waals surface area contributed by atoms with Gasteiger partial charge in [-0.05, 0) is 43.4 Å². The van der Waals surface area contributed by atoms with E-state index in [1.54, 1.807) is 23.9 Å². The zero-order chi connectivity index (χ0) is 24.4. The van der Waals surface area contributed by atoms with E-state index in [-0.39, 0.29) is 5.91 Å². The molecule has 10 heteroatoms. The number of fused-ring (bicyclic) bond motifs is 3. The molecule has 3 aromatic heterocycles. The molecule has 0 saturated carbocycles. The fourth-order valence-electron chi connectivity index (χ4n) is 3.50. The highest BCUT2D eigenvalue weighted by molar-refractivity contribution is 7.15. The van der Waals surface area contributed by atoms with Gasteiger partial charge in [-0.25, -0.2) is 4.98 Å². The van der Waals surface area contributed by atoms with Crippen LogP contribution in [0, 0.1) is 25.7 Å². The Kier molecular flexibility index (Phi) is 6.63. The van der Waals surface area contributed by atoms with Crippen molar-refractivity contribution in [2.24, 2.45) is 17.8 Å². The molecule has 0 fully saturated rings. The molecule has 0 atom stereocenters. The number of benzene rings is 1. The number of aromatic nitrogens is 5. The van der Waals surface area contributed by atoms with Gasteiger partial charge in [-0.15, -0.1) is 21.5 Å². The summed E-state index contributed by atoms with van der Waals surface area (Å²) in [5, 5.41) is 10.4. The van der Waals surface area contributed by atoms with E-state index >= 15 is 0 Å². The van der Waals surface area contributed by atoms with E-state index in [1.807, 2.05) is 42.8 Å². The minimum atomic E-state index is -0.333. The second kappa shape index (κ2) is 9.63. The maximum Gasteiger partial charge on any atom is 0.214 e. The van der Waals surface area contributed by atoms with Gasteiger partial charge in [0.1, 0.15) is 23.1 Å². The van der Waals surface area contributed by atoms with Crippen molar-refractivity contribution in [1.82, 2.24) is 24.3 Å². The topological polar surface area (TPSA) is 104 Å². The number of nitrogens with two attached hydrogens (primary N) is 1. The quantitative estimate of drug-likeness (QED) is 0.411. The molecule has 1 aliphatic heterocycles. The molecule has 5 rings (SSSR count). The number of carbonyl (C=O) groups is 1. The average Bonchev–Trinajstić information content (AvgIpc) is 3.42. The lowest BCUT2D eigenvalue weighted by atomic mass is 10.00. The van der Waals surface area contributed by atoms with Crippen LogP contribution in [0.2, 0.25) is 5.02 Å². The number of amides is 1. The molecule has 0 bridgehead atoms. The van der Waals surface area contributed by atoms with Crippen molar-refractivity contribution < 1.29 is 4.79 Å². The number of aryl methyl sites for hydroxylation is 2. The first-order chi connectivity index (χ1) is 16.3. The zero-order valence-electron chi connectivity index (χ0n) is 19.1. The first-order valence-electron chi connectivity index (χ1n) is 10.4. The summed E-state index contributed by atoms with van der Waals surface area (Å²) in [4.78, 5) is 19.3. The molecule has 0 radical (unpaired) electrons. The highest BCUT2D eigenvalue weighted by Gasteiger charge is 2.27. The number of imidazole rings is 1. The summed E-state index contributed by atoms with van der Waals surface area (Å²) < 4.78 is 4.00. The standard InChI is InChI=1S/C22H17ClN6S.C2H5NO/c1-13-18(9-8-17-10-24-12-28(17)3)30-22-20(13)21(15-4-6-16(23)7-5-15)25-11-19-27-26-14(2)29(19)22;1-2(3)4/h4-7,10,12H,11H2,1-3H3;1H3,(H2,3,4). The first-order valence-corrected chi connectivity index (χ1v) is 11.6. The maximum absolute atomic E-state index is 9.22. The molecular weight excluding hydrogens is 470 g/mol. The van der Waals surface area contributed by atoms with Crippen molar-refractivity contribution in [3.8, 4) is 16.8 Å². The second-order valence-corrected chi connectivity index (χ2v) is 9.09. The number of halogens is 1. The van der Waals surface area contributed by atoms with Crippen molar-refractivity contribution >= 4 is 34.6 Å². The Morgan fingerprint density at radius 3 is 2.53 bits per heavy atom. The fraction of sp³-hybridized carbons (Fsp3) is 0.208. The minimum Gasteiger partial charge on any atom is -0.370 e. The van der Waals surface area contributed by atoms with Crippen LogP contribution >= 0.6 is 22.9 Å². The number of hydrogen-bond acceptors (Lipinski definition) is 6. The summed E-state index contributed by atoms with van der Waals surface area (Å²) in [6.07, 6.45) is 3.52. The molecule has 172 valence electrons. The first kappa shape index (κ1) is 23.4. The summed E-state index contributed by atoms with van der Waals surface area (Å²) in [7, 11) is 1.94. The van der Waals surface area contributed by atoms with Gasteiger partial charge in [0, 0.05) is 30.1 Å². The van der Waals surface area contributed by atoms with Crippen molar-refractivity contribution in [3.63, 3.8) is 0 Å². The smallest absolute Gasteiger partial charge is 0.214 e. The van der Waals surface area contributed by atoms with Gasteiger partial charge in [-0.2, -0.15) is 0 Å². The Morgan fingerprint density at radius 2 is 1.88 bits per heavy atom. The summed E-state index contributed by atoms with van der Waals surface area (Å²) in [6.45, 7) is 5.83. The molecule has 4 heterocycles. The molecule has 8 nitrogen and oxygen atoms in total. The SMILES string of the molecule is CC(N)=O.Cc1c(C#Cc2cncn2C)sc2c1C(c1ccc(Cl)cc1)=NCc1nnc(C)n1-2. The lowest BCUT2D eigenvalue weighted by molar-refractivity contribution is -0.115. The van der Waals surface area contributed by atoms with Crippen LogP contribution in [-0.4, -0.2) is 35.9 Å². The van der Waals surface area contributed by atoms with Gasteiger partial charge in [0.15, 0.2) is 5.82 Å². The van der Waals surface area contributed by atoms with Crippen molar-refractivity contribution in [2.45, 2.75) is 27.3 Å². The molecule has 1 amide bonds. The largest absolute Gasteiger partial charge is 0.370 e. The van der Waals surface area contributed by atoms with Crippen molar-refractivity contribution in [3.05, 3.63) is 80.7 Å². The molecule has 2 N–H and O–H groups in total. The van der Waals surface area contributed by atoms with E-state index in [4.69, 9.17) is 16.6 Å². The van der Waals surface area contributed by atoms with E-state index in [2.05, 4.69) is 44.2 Å². The molecule has 4 aromatic rings. The van der Waals surface area contributed by atoms with Crippen LogP contribution in [-0.2, 0) is 18.4 Å². The Bertz CT molecular complexity index is 1460. The summed E-state index contributed by atoms with van der Waals surface area (Å²) >= 11 is 7.75. The average molecular weight is 492 g/mol. The molecule has 0 spiro atoms.